The average molecular weight is 468 g/mol. The van der Waals surface area contributed by atoms with Gasteiger partial charge in [-0.2, -0.15) is 13.2 Å². The number of alkyl halides is 3. The van der Waals surface area contributed by atoms with Gasteiger partial charge < -0.3 is 4.55 Å². The first-order valence-electron chi connectivity index (χ1n) is 7.87. The van der Waals surface area contributed by atoms with Crippen LogP contribution in [-0.2, 0) is 29.6 Å². The second-order valence-electron chi connectivity index (χ2n) is 5.09. The molecule has 25 heavy (non-hydrogen) atoms. The summed E-state index contributed by atoms with van der Waals surface area (Å²) in [6, 6.07) is 0. The fraction of sp³-hybridized carbons (Fsp3) is 0.529. The number of halogens is 3. The first-order chi connectivity index (χ1) is 11.2. The molecule has 0 saturated heterocycles. The molecular formula is C17H24F3O3RhS-. The van der Waals surface area contributed by atoms with Gasteiger partial charge in [0, 0.05) is 19.5 Å². The summed E-state index contributed by atoms with van der Waals surface area (Å²) in [6.45, 7) is 0. The predicted octanol–water partition coefficient (Wildman–Crippen LogP) is 5.39. The minimum atomic E-state index is -6.09. The zero-order valence-electron chi connectivity index (χ0n) is 13.9. The van der Waals surface area contributed by atoms with Gasteiger partial charge in [-0.25, -0.2) is 8.42 Å². The minimum Gasteiger partial charge on any atom is -0.741 e. The molecule has 0 unspecified atom stereocenters. The number of allylic oxidation sites excluding steroid dienone is 8. The van der Waals surface area contributed by atoms with Crippen molar-refractivity contribution in [3.8, 4) is 0 Å². The van der Waals surface area contributed by atoms with Crippen molar-refractivity contribution < 1.29 is 45.6 Å². The van der Waals surface area contributed by atoms with Gasteiger partial charge in [-0.3, -0.25) is 0 Å². The van der Waals surface area contributed by atoms with Gasteiger partial charge in [-0.05, 0) is 51.4 Å². The predicted molar refractivity (Wildman–Crippen MR) is 89.2 cm³/mol. The molecule has 147 valence electrons. The average Bonchev–Trinajstić information content (AvgIpc) is 2.35. The van der Waals surface area contributed by atoms with Crippen LogP contribution in [0, 0.1) is 0 Å². The van der Waals surface area contributed by atoms with Crippen molar-refractivity contribution in [3.63, 3.8) is 0 Å². The molecule has 0 aromatic rings. The largest absolute Gasteiger partial charge is 0.741 e. The fourth-order valence-electron chi connectivity index (χ4n) is 1.71. The van der Waals surface area contributed by atoms with Crippen LogP contribution in [0.1, 0.15) is 51.4 Å². The van der Waals surface area contributed by atoms with Crippen LogP contribution in [0.15, 0.2) is 48.6 Å². The van der Waals surface area contributed by atoms with Crippen LogP contribution in [0.4, 0.5) is 13.2 Å². The van der Waals surface area contributed by atoms with Crippen molar-refractivity contribution >= 4 is 10.1 Å². The second kappa shape index (κ2) is 15.5. The maximum Gasteiger partial charge on any atom is 0.485 e. The Morgan fingerprint density at radius 2 is 0.720 bits per heavy atom. The third-order valence-corrected chi connectivity index (χ3v) is 3.52. The van der Waals surface area contributed by atoms with Gasteiger partial charge in [0.25, 0.3) is 0 Å². The molecule has 0 aromatic carbocycles. The summed E-state index contributed by atoms with van der Waals surface area (Å²) in [5.74, 6) is 0. The van der Waals surface area contributed by atoms with Crippen LogP contribution in [0.3, 0.4) is 0 Å². The Balaban J connectivity index is 0. The number of hydrogen-bond donors (Lipinski definition) is 0. The Hall–Kier alpha value is -0.717. The van der Waals surface area contributed by atoms with E-state index in [1.807, 2.05) is 0 Å². The summed E-state index contributed by atoms with van der Waals surface area (Å²) in [6.07, 6.45) is 28.0. The zero-order chi connectivity index (χ0) is 18.3. The van der Waals surface area contributed by atoms with Crippen molar-refractivity contribution in [2.75, 3.05) is 0 Å². The van der Waals surface area contributed by atoms with Gasteiger partial charge in [-0.1, -0.05) is 48.6 Å². The molecule has 2 aliphatic rings. The molecular weight excluding hydrogens is 444 g/mol. The van der Waals surface area contributed by atoms with Crippen LogP contribution < -0.4 is 0 Å². The van der Waals surface area contributed by atoms with Crippen molar-refractivity contribution in [2.45, 2.75) is 56.9 Å². The fourth-order valence-corrected chi connectivity index (χ4v) is 1.71. The third-order valence-electron chi connectivity index (χ3n) is 2.95. The molecule has 2 aliphatic carbocycles. The Morgan fingerprint density at radius 3 is 0.800 bits per heavy atom. The van der Waals surface area contributed by atoms with E-state index in [0.29, 0.717) is 0 Å². The van der Waals surface area contributed by atoms with Gasteiger partial charge in [0.15, 0.2) is 10.1 Å². The summed E-state index contributed by atoms with van der Waals surface area (Å²) in [5.41, 5.74) is -5.65. The number of hydrogen-bond acceptors (Lipinski definition) is 3. The molecule has 0 saturated carbocycles. The second-order valence-corrected chi connectivity index (χ2v) is 6.47. The van der Waals surface area contributed by atoms with Gasteiger partial charge in [0.1, 0.15) is 0 Å². The van der Waals surface area contributed by atoms with Gasteiger partial charge in [0.05, 0.1) is 0 Å². The molecule has 0 bridgehead atoms. The Morgan fingerprint density at radius 1 is 0.600 bits per heavy atom. The van der Waals surface area contributed by atoms with E-state index in [-0.39, 0.29) is 19.5 Å². The van der Waals surface area contributed by atoms with Crippen molar-refractivity contribution in [1.29, 1.82) is 0 Å². The quantitative estimate of drug-likeness (QED) is 0.207. The Bertz CT molecular complexity index is 456. The molecule has 0 aliphatic heterocycles. The smallest absolute Gasteiger partial charge is 0.485 e. The summed E-state index contributed by atoms with van der Waals surface area (Å²) < 4.78 is 58.9. The maximum absolute atomic E-state index is 10.7. The van der Waals surface area contributed by atoms with Gasteiger partial charge in [0.2, 0.25) is 0 Å². The van der Waals surface area contributed by atoms with Gasteiger partial charge >= 0.3 is 5.51 Å². The summed E-state index contributed by atoms with van der Waals surface area (Å²) in [4.78, 5) is 0. The molecule has 2 rings (SSSR count). The topological polar surface area (TPSA) is 57.2 Å². The van der Waals surface area contributed by atoms with Crippen LogP contribution in [0.2, 0.25) is 0 Å². The van der Waals surface area contributed by atoms with E-state index in [1.54, 1.807) is 0 Å². The standard InChI is InChI=1S/2C8H12.CHF3O3S.Rh/c2*1-2-4-6-8-7-5-3-1;2-1(3,4)8(5,6)7;/h2*1-2,7-8H,3-6H2;(H,5,6,7);/p-1/b2*2-1-,8-7?;;. The molecule has 0 heterocycles. The summed E-state index contributed by atoms with van der Waals surface area (Å²) >= 11 is 0. The molecule has 3 nitrogen and oxygen atoms in total. The maximum atomic E-state index is 10.7. The zero-order valence-corrected chi connectivity index (χ0v) is 16.3. The molecule has 0 spiro atoms. The van der Waals surface area contributed by atoms with E-state index in [0.717, 1.165) is 0 Å². The monoisotopic (exact) mass is 468 g/mol. The van der Waals surface area contributed by atoms with Crippen molar-refractivity contribution in [3.05, 3.63) is 48.6 Å². The molecule has 0 N–H and O–H groups in total. The van der Waals surface area contributed by atoms with Gasteiger partial charge in [-0.15, -0.1) is 0 Å². The first kappa shape index (κ1) is 26.5. The van der Waals surface area contributed by atoms with E-state index in [2.05, 4.69) is 48.6 Å². The van der Waals surface area contributed by atoms with E-state index in [9.17, 15) is 13.2 Å². The first-order valence-corrected chi connectivity index (χ1v) is 9.28. The molecule has 0 amide bonds. The molecule has 8 heteroatoms. The van der Waals surface area contributed by atoms with E-state index in [4.69, 9.17) is 13.0 Å². The summed E-state index contributed by atoms with van der Waals surface area (Å²) in [7, 11) is -6.09. The van der Waals surface area contributed by atoms with E-state index < -0.39 is 15.6 Å². The number of rotatable bonds is 0. The Labute approximate surface area is 161 Å². The molecule has 0 fully saturated rings. The van der Waals surface area contributed by atoms with Crippen LogP contribution in [-0.4, -0.2) is 18.5 Å². The summed E-state index contributed by atoms with van der Waals surface area (Å²) in [5, 5.41) is 0. The van der Waals surface area contributed by atoms with Crippen molar-refractivity contribution in [2.24, 2.45) is 0 Å². The van der Waals surface area contributed by atoms with Crippen LogP contribution in [0.5, 0.6) is 0 Å². The third kappa shape index (κ3) is 17.9. The molecule has 0 atom stereocenters. The van der Waals surface area contributed by atoms with Crippen LogP contribution >= 0.6 is 0 Å². The SMILES string of the molecule is C1=CCC/C=C\CC1.C1=CCC/C=C\CC1.O=S(=O)([O-])C(F)(F)F.[Rh]. The van der Waals surface area contributed by atoms with E-state index >= 15 is 0 Å². The molecule has 1 radical (unpaired) electrons. The van der Waals surface area contributed by atoms with Crippen molar-refractivity contribution in [1.82, 2.24) is 0 Å². The normalized spacial score (nSPS) is 19.8. The van der Waals surface area contributed by atoms with E-state index in [1.165, 1.54) is 51.4 Å². The molecule has 0 aromatic heterocycles. The minimum absolute atomic E-state index is 0. The van der Waals surface area contributed by atoms with Crippen LogP contribution in [0.25, 0.3) is 0 Å². The Kier molecular flexibility index (Phi) is 16.5.